The van der Waals surface area contributed by atoms with Crippen LogP contribution in [0.2, 0.25) is 5.02 Å². The summed E-state index contributed by atoms with van der Waals surface area (Å²) in [6, 6.07) is 18.0. The van der Waals surface area contributed by atoms with Crippen LogP contribution >= 0.6 is 11.6 Å². The van der Waals surface area contributed by atoms with E-state index in [-0.39, 0.29) is 52.4 Å². The summed E-state index contributed by atoms with van der Waals surface area (Å²) in [7, 11) is 1.36. The standard InChI is InChI=1S/C37H38ClN3O7/c1-47-33-21-32-28(19-31(33)43)30(42)20-34(48-32)36(45)39-29(18-23-9-11-26(38)12-10-23)37(46)40-16-13-24(14-17-40)27-7-3-2-6-25(27)22-41-15-5-4-8-35(41)44/h2-3,6-7,9-12,19-21,24,29,43H,4-5,8,13-18,22H2,1H3,(H,39,45)/t29-/m0/s1. The van der Waals surface area contributed by atoms with Gasteiger partial charge in [-0.05, 0) is 66.5 Å². The summed E-state index contributed by atoms with van der Waals surface area (Å²) in [5.41, 5.74) is 2.71. The Labute approximate surface area is 283 Å². The van der Waals surface area contributed by atoms with E-state index in [1.54, 1.807) is 29.2 Å². The highest BCUT2D eigenvalue weighted by atomic mass is 35.5. The lowest BCUT2D eigenvalue weighted by Crippen LogP contribution is -2.51. The summed E-state index contributed by atoms with van der Waals surface area (Å²) < 4.78 is 10.9. The van der Waals surface area contributed by atoms with E-state index in [0.717, 1.165) is 49.4 Å². The molecule has 1 atom stereocenters. The number of ether oxygens (including phenoxy) is 1. The Kier molecular flexibility index (Phi) is 10.0. The number of halogens is 1. The lowest BCUT2D eigenvalue weighted by molar-refractivity contribution is -0.135. The molecule has 10 nitrogen and oxygen atoms in total. The number of nitrogens with one attached hydrogen (secondary N) is 1. The molecule has 0 aliphatic carbocycles. The molecule has 0 unspecified atom stereocenters. The average molecular weight is 672 g/mol. The summed E-state index contributed by atoms with van der Waals surface area (Å²) in [5, 5.41) is 13.5. The van der Waals surface area contributed by atoms with E-state index < -0.39 is 17.4 Å². The number of methoxy groups -OCH3 is 1. The van der Waals surface area contributed by atoms with Gasteiger partial charge in [0.15, 0.2) is 22.7 Å². The zero-order valence-electron chi connectivity index (χ0n) is 26.7. The van der Waals surface area contributed by atoms with Crippen LogP contribution in [0, 0.1) is 0 Å². The van der Waals surface area contributed by atoms with E-state index in [9.17, 15) is 24.3 Å². The largest absolute Gasteiger partial charge is 0.504 e. The van der Waals surface area contributed by atoms with E-state index in [0.29, 0.717) is 31.1 Å². The number of hydrogen-bond donors (Lipinski definition) is 2. The number of phenolic OH excluding ortho intramolecular Hbond substituents is 1. The molecule has 11 heteroatoms. The van der Waals surface area contributed by atoms with Crippen molar-refractivity contribution in [3.8, 4) is 11.5 Å². The maximum atomic E-state index is 14.0. The maximum Gasteiger partial charge on any atom is 0.287 e. The number of likely N-dealkylation sites (tertiary alicyclic amines) is 2. The van der Waals surface area contributed by atoms with Gasteiger partial charge >= 0.3 is 0 Å². The molecular formula is C37H38ClN3O7. The number of rotatable bonds is 9. The van der Waals surface area contributed by atoms with Gasteiger partial charge in [0.05, 0.1) is 12.5 Å². The molecule has 2 aliphatic heterocycles. The molecule has 4 aromatic rings. The number of piperidine rings is 2. The first-order valence-electron chi connectivity index (χ1n) is 16.2. The fourth-order valence-corrected chi connectivity index (χ4v) is 6.80. The molecule has 48 heavy (non-hydrogen) atoms. The number of amides is 3. The quantitative estimate of drug-likeness (QED) is 0.243. The molecule has 0 spiro atoms. The Hall–Kier alpha value is -4.83. The maximum absolute atomic E-state index is 14.0. The van der Waals surface area contributed by atoms with E-state index in [1.165, 1.54) is 24.8 Å². The van der Waals surface area contributed by atoms with Crippen LogP contribution in [-0.4, -0.2) is 65.4 Å². The Balaban J connectivity index is 1.19. The highest BCUT2D eigenvalue weighted by Crippen LogP contribution is 2.33. The second-order valence-electron chi connectivity index (χ2n) is 12.4. The topological polar surface area (TPSA) is 129 Å². The average Bonchev–Trinajstić information content (AvgIpc) is 3.10. The van der Waals surface area contributed by atoms with Crippen molar-refractivity contribution in [1.82, 2.24) is 15.1 Å². The molecule has 0 bridgehead atoms. The van der Waals surface area contributed by atoms with Gasteiger partial charge in [-0.25, -0.2) is 0 Å². The minimum absolute atomic E-state index is 0.0647. The third-order valence-electron chi connectivity index (χ3n) is 9.29. The summed E-state index contributed by atoms with van der Waals surface area (Å²) in [4.78, 5) is 56.6. The van der Waals surface area contributed by atoms with E-state index in [4.69, 9.17) is 20.8 Å². The molecule has 2 N–H and O–H groups in total. The van der Waals surface area contributed by atoms with Gasteiger partial charge in [-0.15, -0.1) is 0 Å². The minimum Gasteiger partial charge on any atom is -0.504 e. The van der Waals surface area contributed by atoms with Gasteiger partial charge < -0.3 is 29.4 Å². The number of benzene rings is 3. The van der Waals surface area contributed by atoms with Crippen LogP contribution in [0.15, 0.2) is 75.9 Å². The summed E-state index contributed by atoms with van der Waals surface area (Å²) >= 11 is 6.10. The van der Waals surface area contributed by atoms with E-state index in [2.05, 4.69) is 17.4 Å². The Morgan fingerprint density at radius 1 is 1.02 bits per heavy atom. The number of hydrogen-bond acceptors (Lipinski definition) is 7. The third kappa shape index (κ3) is 7.33. The lowest BCUT2D eigenvalue weighted by atomic mass is 9.86. The first-order chi connectivity index (χ1) is 23.2. The smallest absolute Gasteiger partial charge is 0.287 e. The molecule has 3 amide bonds. The fourth-order valence-electron chi connectivity index (χ4n) is 6.67. The van der Waals surface area contributed by atoms with Crippen molar-refractivity contribution < 1.29 is 28.6 Å². The highest BCUT2D eigenvalue weighted by molar-refractivity contribution is 6.30. The molecular weight excluding hydrogens is 634 g/mol. The SMILES string of the molecule is COc1cc2oc(C(=O)N[C@@H](Cc3ccc(Cl)cc3)C(=O)N3CCC(c4ccccc4CN4CCCCC4=O)CC3)cc(=O)c2cc1O. The number of phenols is 1. The van der Waals surface area contributed by atoms with Crippen molar-refractivity contribution in [2.24, 2.45) is 0 Å². The fraction of sp³-hybridized carbons (Fsp3) is 0.351. The van der Waals surface area contributed by atoms with Crippen LogP contribution in [0.1, 0.15) is 65.3 Å². The van der Waals surface area contributed by atoms with Crippen molar-refractivity contribution in [1.29, 1.82) is 0 Å². The number of fused-ring (bicyclic) bond motifs is 1. The summed E-state index contributed by atoms with van der Waals surface area (Å²) in [6.07, 6.45) is 4.25. The van der Waals surface area contributed by atoms with Crippen molar-refractivity contribution in [3.05, 3.63) is 104 Å². The van der Waals surface area contributed by atoms with Gasteiger partial charge in [0.2, 0.25) is 11.8 Å². The molecule has 1 aromatic heterocycles. The third-order valence-corrected chi connectivity index (χ3v) is 9.55. The molecule has 6 rings (SSSR count). The monoisotopic (exact) mass is 671 g/mol. The van der Waals surface area contributed by atoms with Gasteiger partial charge in [-0.3, -0.25) is 19.2 Å². The Bertz CT molecular complexity index is 1880. The Morgan fingerprint density at radius 2 is 1.77 bits per heavy atom. The summed E-state index contributed by atoms with van der Waals surface area (Å²) in [5.74, 6) is -0.928. The second-order valence-corrected chi connectivity index (χ2v) is 12.9. The molecule has 250 valence electrons. The van der Waals surface area contributed by atoms with Gasteiger partial charge in [0.1, 0.15) is 11.6 Å². The minimum atomic E-state index is -0.942. The van der Waals surface area contributed by atoms with Crippen molar-refractivity contribution in [3.63, 3.8) is 0 Å². The van der Waals surface area contributed by atoms with Crippen LogP contribution in [0.4, 0.5) is 0 Å². The van der Waals surface area contributed by atoms with Gasteiger partial charge in [-0.2, -0.15) is 0 Å². The van der Waals surface area contributed by atoms with E-state index >= 15 is 0 Å². The van der Waals surface area contributed by atoms with Gasteiger partial charge in [-0.1, -0.05) is 48.0 Å². The first kappa shape index (κ1) is 33.1. The number of nitrogens with zero attached hydrogens (tertiary/aromatic N) is 2. The van der Waals surface area contributed by atoms with Crippen LogP contribution in [0.25, 0.3) is 11.0 Å². The van der Waals surface area contributed by atoms with Crippen LogP contribution in [-0.2, 0) is 22.6 Å². The van der Waals surface area contributed by atoms with Gasteiger partial charge in [0.25, 0.3) is 5.91 Å². The molecule has 0 saturated carbocycles. The number of carbonyl (C=O) groups excluding carboxylic acids is 3. The Morgan fingerprint density at radius 3 is 2.50 bits per heavy atom. The van der Waals surface area contributed by atoms with Crippen molar-refractivity contribution in [2.45, 2.75) is 57.0 Å². The number of aromatic hydroxyl groups is 1. The van der Waals surface area contributed by atoms with Crippen LogP contribution in [0.3, 0.4) is 0 Å². The van der Waals surface area contributed by atoms with E-state index in [1.807, 2.05) is 17.0 Å². The highest BCUT2D eigenvalue weighted by Gasteiger charge is 2.32. The molecule has 3 heterocycles. The zero-order valence-corrected chi connectivity index (χ0v) is 27.5. The molecule has 3 aromatic carbocycles. The summed E-state index contributed by atoms with van der Waals surface area (Å²) in [6.45, 7) is 2.38. The lowest BCUT2D eigenvalue weighted by Gasteiger charge is -2.36. The molecule has 2 saturated heterocycles. The van der Waals surface area contributed by atoms with Crippen LogP contribution < -0.4 is 15.5 Å². The van der Waals surface area contributed by atoms with Gasteiger partial charge in [0, 0.05) is 56.2 Å². The molecule has 2 fully saturated rings. The van der Waals surface area contributed by atoms with Crippen LogP contribution in [0.5, 0.6) is 11.5 Å². The first-order valence-corrected chi connectivity index (χ1v) is 16.6. The van der Waals surface area contributed by atoms with Crippen molar-refractivity contribution >= 4 is 40.3 Å². The second kappa shape index (κ2) is 14.5. The predicted octanol–water partition coefficient (Wildman–Crippen LogP) is 5.42. The van der Waals surface area contributed by atoms with Crippen molar-refractivity contribution in [2.75, 3.05) is 26.7 Å². The molecule has 2 aliphatic rings. The number of carbonyl (C=O) groups is 3. The predicted molar refractivity (Wildman–Crippen MR) is 181 cm³/mol. The molecule has 0 radical (unpaired) electrons. The zero-order chi connectivity index (χ0) is 33.8. The normalized spacial score (nSPS) is 16.2.